The number of benzene rings is 2. The zero-order valence-corrected chi connectivity index (χ0v) is 9.08. The summed E-state index contributed by atoms with van der Waals surface area (Å²) in [6.45, 7) is 0. The molecule has 0 heterocycles. The van der Waals surface area contributed by atoms with Crippen molar-refractivity contribution in [3.8, 4) is 11.1 Å². The standard InChI is InChI=1S/C14H11NO2/c16-14(10-15-17)13-9-5-4-8-12(13)11-6-2-1-3-7-11/h1-10,17H. The topological polar surface area (TPSA) is 49.7 Å². The van der Waals surface area contributed by atoms with E-state index in [1.165, 1.54) is 0 Å². The Bertz CT molecular complexity index is 547. The van der Waals surface area contributed by atoms with Crippen molar-refractivity contribution in [1.82, 2.24) is 0 Å². The third-order valence-corrected chi connectivity index (χ3v) is 2.45. The first-order chi connectivity index (χ1) is 8.33. The average molecular weight is 225 g/mol. The molecule has 0 atom stereocenters. The average Bonchev–Trinajstić information content (AvgIpc) is 2.40. The molecular weight excluding hydrogens is 214 g/mol. The highest BCUT2D eigenvalue weighted by Crippen LogP contribution is 2.23. The Morgan fingerprint density at radius 3 is 2.35 bits per heavy atom. The van der Waals surface area contributed by atoms with Gasteiger partial charge in [0.2, 0.25) is 5.78 Å². The van der Waals surface area contributed by atoms with E-state index in [1.807, 2.05) is 42.5 Å². The first-order valence-corrected chi connectivity index (χ1v) is 5.19. The summed E-state index contributed by atoms with van der Waals surface area (Å²) in [6.07, 6.45) is 0.905. The largest absolute Gasteiger partial charge is 0.411 e. The molecule has 0 spiro atoms. The van der Waals surface area contributed by atoms with Gasteiger partial charge in [-0.05, 0) is 11.1 Å². The van der Waals surface area contributed by atoms with Crippen LogP contribution >= 0.6 is 0 Å². The Balaban J connectivity index is 2.52. The van der Waals surface area contributed by atoms with Crippen LogP contribution < -0.4 is 0 Å². The van der Waals surface area contributed by atoms with E-state index in [0.29, 0.717) is 5.56 Å². The molecule has 0 bridgehead atoms. The second kappa shape index (κ2) is 5.07. The molecule has 0 aromatic heterocycles. The third kappa shape index (κ3) is 2.39. The fourth-order valence-electron chi connectivity index (χ4n) is 1.69. The molecule has 2 rings (SSSR count). The minimum Gasteiger partial charge on any atom is -0.411 e. The highest BCUT2D eigenvalue weighted by Gasteiger charge is 2.09. The van der Waals surface area contributed by atoms with E-state index >= 15 is 0 Å². The van der Waals surface area contributed by atoms with Crippen molar-refractivity contribution >= 4 is 12.0 Å². The maximum Gasteiger partial charge on any atom is 0.207 e. The van der Waals surface area contributed by atoms with Crippen LogP contribution in [-0.4, -0.2) is 17.2 Å². The van der Waals surface area contributed by atoms with Gasteiger partial charge in [0.25, 0.3) is 0 Å². The van der Waals surface area contributed by atoms with Gasteiger partial charge in [-0.15, -0.1) is 0 Å². The van der Waals surface area contributed by atoms with Gasteiger partial charge in [0.05, 0.1) is 0 Å². The highest BCUT2D eigenvalue weighted by atomic mass is 16.4. The molecule has 17 heavy (non-hydrogen) atoms. The number of oxime groups is 1. The Morgan fingerprint density at radius 2 is 1.65 bits per heavy atom. The van der Waals surface area contributed by atoms with Gasteiger partial charge in [0, 0.05) is 5.56 Å². The van der Waals surface area contributed by atoms with Crippen LogP contribution in [0.1, 0.15) is 10.4 Å². The monoisotopic (exact) mass is 225 g/mol. The molecule has 0 aliphatic carbocycles. The Kier molecular flexibility index (Phi) is 3.31. The molecule has 3 nitrogen and oxygen atoms in total. The summed E-state index contributed by atoms with van der Waals surface area (Å²) in [5.41, 5.74) is 2.32. The number of hydrogen-bond acceptors (Lipinski definition) is 3. The predicted molar refractivity (Wildman–Crippen MR) is 66.5 cm³/mol. The van der Waals surface area contributed by atoms with E-state index in [4.69, 9.17) is 5.21 Å². The Morgan fingerprint density at radius 1 is 1.00 bits per heavy atom. The van der Waals surface area contributed by atoms with E-state index in [-0.39, 0.29) is 5.78 Å². The van der Waals surface area contributed by atoms with Crippen LogP contribution in [0.3, 0.4) is 0 Å². The zero-order valence-electron chi connectivity index (χ0n) is 9.08. The highest BCUT2D eigenvalue weighted by molar-refractivity contribution is 6.36. The van der Waals surface area contributed by atoms with Crippen molar-refractivity contribution in [2.75, 3.05) is 0 Å². The van der Waals surface area contributed by atoms with Crippen LogP contribution in [0.2, 0.25) is 0 Å². The molecule has 0 amide bonds. The molecule has 84 valence electrons. The second-order valence-electron chi connectivity index (χ2n) is 3.52. The second-order valence-corrected chi connectivity index (χ2v) is 3.52. The lowest BCUT2D eigenvalue weighted by molar-refractivity contribution is 0.106. The van der Waals surface area contributed by atoms with Crippen LogP contribution in [-0.2, 0) is 0 Å². The minimum atomic E-state index is -0.313. The number of rotatable bonds is 3. The summed E-state index contributed by atoms with van der Waals surface area (Å²) in [5, 5.41) is 11.2. The Hall–Kier alpha value is -2.42. The maximum atomic E-state index is 11.7. The van der Waals surface area contributed by atoms with Gasteiger partial charge in [-0.1, -0.05) is 59.8 Å². The van der Waals surface area contributed by atoms with E-state index in [0.717, 1.165) is 17.3 Å². The molecule has 0 saturated carbocycles. The molecule has 2 aromatic carbocycles. The molecule has 0 unspecified atom stereocenters. The first kappa shape index (κ1) is 11.1. The van der Waals surface area contributed by atoms with Crippen LogP contribution in [0.25, 0.3) is 11.1 Å². The maximum absolute atomic E-state index is 11.7. The molecule has 0 radical (unpaired) electrons. The number of carbonyl (C=O) groups excluding carboxylic acids is 1. The fourth-order valence-corrected chi connectivity index (χ4v) is 1.69. The van der Waals surface area contributed by atoms with Crippen LogP contribution in [0, 0.1) is 0 Å². The van der Waals surface area contributed by atoms with Gasteiger partial charge < -0.3 is 5.21 Å². The molecule has 3 heteroatoms. The van der Waals surface area contributed by atoms with Crippen molar-refractivity contribution in [2.24, 2.45) is 5.16 Å². The predicted octanol–water partition coefficient (Wildman–Crippen LogP) is 3.00. The number of Topliss-reactive ketones (excluding diaryl/α,β-unsaturated/α-hetero) is 1. The lowest BCUT2D eigenvalue weighted by Crippen LogP contribution is -2.02. The molecule has 0 saturated heterocycles. The van der Waals surface area contributed by atoms with Gasteiger partial charge in [0.1, 0.15) is 6.21 Å². The lowest BCUT2D eigenvalue weighted by atomic mass is 9.97. The number of carbonyl (C=O) groups is 1. The van der Waals surface area contributed by atoms with Crippen LogP contribution in [0.5, 0.6) is 0 Å². The van der Waals surface area contributed by atoms with Gasteiger partial charge in [-0.25, -0.2) is 0 Å². The molecule has 0 fully saturated rings. The number of hydrogen-bond donors (Lipinski definition) is 1. The Labute approximate surface area is 99.0 Å². The quantitative estimate of drug-likeness (QED) is 0.378. The van der Waals surface area contributed by atoms with Crippen LogP contribution in [0.4, 0.5) is 0 Å². The van der Waals surface area contributed by atoms with Gasteiger partial charge in [-0.2, -0.15) is 0 Å². The van der Waals surface area contributed by atoms with Crippen molar-refractivity contribution in [3.63, 3.8) is 0 Å². The van der Waals surface area contributed by atoms with Crippen molar-refractivity contribution in [1.29, 1.82) is 0 Å². The summed E-state index contributed by atoms with van der Waals surface area (Å²) in [7, 11) is 0. The summed E-state index contributed by atoms with van der Waals surface area (Å²) in [5.74, 6) is -0.313. The first-order valence-electron chi connectivity index (χ1n) is 5.19. The molecule has 0 aliphatic heterocycles. The SMILES string of the molecule is O=C(C=NO)c1ccccc1-c1ccccc1. The molecule has 0 aliphatic rings. The van der Waals surface area contributed by atoms with E-state index in [2.05, 4.69) is 5.16 Å². The molecule has 1 N–H and O–H groups in total. The summed E-state index contributed by atoms with van der Waals surface area (Å²) in [4.78, 5) is 11.7. The van der Waals surface area contributed by atoms with Gasteiger partial charge >= 0.3 is 0 Å². The number of ketones is 1. The third-order valence-electron chi connectivity index (χ3n) is 2.45. The van der Waals surface area contributed by atoms with E-state index in [9.17, 15) is 4.79 Å². The van der Waals surface area contributed by atoms with E-state index in [1.54, 1.807) is 12.1 Å². The molecular formula is C14H11NO2. The minimum absolute atomic E-state index is 0.313. The molecule has 2 aromatic rings. The van der Waals surface area contributed by atoms with Crippen molar-refractivity contribution in [2.45, 2.75) is 0 Å². The smallest absolute Gasteiger partial charge is 0.207 e. The van der Waals surface area contributed by atoms with Crippen molar-refractivity contribution < 1.29 is 10.0 Å². The summed E-state index contributed by atoms with van der Waals surface area (Å²) in [6, 6.07) is 16.8. The summed E-state index contributed by atoms with van der Waals surface area (Å²) < 4.78 is 0. The normalized spacial score (nSPS) is 10.6. The van der Waals surface area contributed by atoms with Crippen molar-refractivity contribution in [3.05, 3.63) is 60.2 Å². The fraction of sp³-hybridized carbons (Fsp3) is 0. The summed E-state index contributed by atoms with van der Waals surface area (Å²) >= 11 is 0. The van der Waals surface area contributed by atoms with Gasteiger partial charge in [0.15, 0.2) is 0 Å². The zero-order chi connectivity index (χ0) is 12.1. The lowest BCUT2D eigenvalue weighted by Gasteiger charge is -2.06. The van der Waals surface area contributed by atoms with E-state index < -0.39 is 0 Å². The van der Waals surface area contributed by atoms with Crippen LogP contribution in [0.15, 0.2) is 59.8 Å². The number of nitrogens with zero attached hydrogens (tertiary/aromatic N) is 1. The van der Waals surface area contributed by atoms with Gasteiger partial charge in [-0.3, -0.25) is 4.79 Å².